The van der Waals surface area contributed by atoms with Crippen LogP contribution in [0.2, 0.25) is 5.15 Å². The van der Waals surface area contributed by atoms with E-state index in [1.165, 1.54) is 6.20 Å². The standard InChI is InChI=1S/C13H15BrClN3O2/c14-9-6-10(12(15)16-7-9)13(20)17-8-11(19)18-4-2-1-3-5-18/h6-7H,1-5,8H2,(H,17,20). The van der Waals surface area contributed by atoms with Gasteiger partial charge in [-0.2, -0.15) is 0 Å². The van der Waals surface area contributed by atoms with Gasteiger partial charge in [0.2, 0.25) is 5.91 Å². The van der Waals surface area contributed by atoms with Crippen LogP contribution in [-0.2, 0) is 4.79 Å². The van der Waals surface area contributed by atoms with Crippen LogP contribution in [0.4, 0.5) is 0 Å². The highest BCUT2D eigenvalue weighted by Crippen LogP contribution is 2.17. The maximum absolute atomic E-state index is 12.0. The summed E-state index contributed by atoms with van der Waals surface area (Å²) in [6.07, 6.45) is 4.73. The van der Waals surface area contributed by atoms with Crippen LogP contribution in [0.25, 0.3) is 0 Å². The van der Waals surface area contributed by atoms with Gasteiger partial charge in [-0.15, -0.1) is 0 Å². The summed E-state index contributed by atoms with van der Waals surface area (Å²) in [5, 5.41) is 2.71. The molecule has 1 saturated heterocycles. The van der Waals surface area contributed by atoms with Crippen molar-refractivity contribution < 1.29 is 9.59 Å². The fraction of sp³-hybridized carbons (Fsp3) is 0.462. The van der Waals surface area contributed by atoms with Gasteiger partial charge in [0.25, 0.3) is 5.91 Å². The summed E-state index contributed by atoms with van der Waals surface area (Å²) in [7, 11) is 0. The molecule has 0 atom stereocenters. The van der Waals surface area contributed by atoms with Crippen molar-refractivity contribution in [1.82, 2.24) is 15.2 Å². The maximum Gasteiger partial charge on any atom is 0.254 e. The van der Waals surface area contributed by atoms with Crippen LogP contribution in [0.1, 0.15) is 29.6 Å². The first-order valence-electron chi connectivity index (χ1n) is 6.45. The van der Waals surface area contributed by atoms with Gasteiger partial charge in [0.05, 0.1) is 12.1 Å². The van der Waals surface area contributed by atoms with E-state index < -0.39 is 5.91 Å². The number of nitrogens with one attached hydrogen (secondary N) is 1. The minimum Gasteiger partial charge on any atom is -0.343 e. The Kier molecular flexibility index (Phi) is 5.37. The molecule has 0 bridgehead atoms. The number of nitrogens with zero attached hydrogens (tertiary/aromatic N) is 2. The largest absolute Gasteiger partial charge is 0.343 e. The summed E-state index contributed by atoms with van der Waals surface area (Å²) >= 11 is 9.10. The Balaban J connectivity index is 1.91. The third kappa shape index (κ3) is 3.93. The molecular weight excluding hydrogens is 346 g/mol. The number of carbonyl (C=O) groups excluding carboxylic acids is 2. The molecule has 2 amide bonds. The van der Waals surface area contributed by atoms with E-state index in [9.17, 15) is 9.59 Å². The zero-order valence-electron chi connectivity index (χ0n) is 10.9. The zero-order valence-corrected chi connectivity index (χ0v) is 13.2. The van der Waals surface area contributed by atoms with E-state index in [0.717, 1.165) is 32.4 Å². The fourth-order valence-corrected chi connectivity index (χ4v) is 2.61. The quantitative estimate of drug-likeness (QED) is 0.841. The van der Waals surface area contributed by atoms with Gasteiger partial charge < -0.3 is 10.2 Å². The molecule has 5 nitrogen and oxygen atoms in total. The highest BCUT2D eigenvalue weighted by atomic mass is 79.9. The first-order chi connectivity index (χ1) is 9.58. The van der Waals surface area contributed by atoms with Crippen molar-refractivity contribution in [2.24, 2.45) is 0 Å². The van der Waals surface area contributed by atoms with Gasteiger partial charge in [-0.1, -0.05) is 11.6 Å². The number of carbonyl (C=O) groups is 2. The third-order valence-corrected chi connectivity index (χ3v) is 3.89. The van der Waals surface area contributed by atoms with Crippen molar-refractivity contribution in [3.8, 4) is 0 Å². The monoisotopic (exact) mass is 359 g/mol. The molecule has 7 heteroatoms. The summed E-state index contributed by atoms with van der Waals surface area (Å²) in [6, 6.07) is 1.58. The number of amides is 2. The maximum atomic E-state index is 12.0. The Morgan fingerprint density at radius 1 is 1.35 bits per heavy atom. The SMILES string of the molecule is O=C(NCC(=O)N1CCCCC1)c1cc(Br)cnc1Cl. The minimum absolute atomic E-state index is 0.0122. The Hall–Kier alpha value is -1.14. The second kappa shape index (κ2) is 7.04. The molecule has 1 N–H and O–H groups in total. The molecular formula is C13H15BrClN3O2. The fourth-order valence-electron chi connectivity index (χ4n) is 2.09. The first-order valence-corrected chi connectivity index (χ1v) is 7.62. The zero-order chi connectivity index (χ0) is 14.5. The van der Waals surface area contributed by atoms with Crippen LogP contribution in [-0.4, -0.2) is 41.3 Å². The molecule has 1 aliphatic rings. The van der Waals surface area contributed by atoms with Gasteiger partial charge in [0.15, 0.2) is 0 Å². The Morgan fingerprint density at radius 2 is 2.05 bits per heavy atom. The molecule has 2 heterocycles. The molecule has 0 saturated carbocycles. The highest BCUT2D eigenvalue weighted by Gasteiger charge is 2.18. The molecule has 0 unspecified atom stereocenters. The van der Waals surface area contributed by atoms with Gasteiger partial charge in [-0.05, 0) is 41.3 Å². The topological polar surface area (TPSA) is 62.3 Å². The summed E-state index contributed by atoms with van der Waals surface area (Å²) in [6.45, 7) is 1.53. The van der Waals surface area contributed by atoms with E-state index in [-0.39, 0.29) is 23.2 Å². The lowest BCUT2D eigenvalue weighted by Gasteiger charge is -2.26. The van der Waals surface area contributed by atoms with Crippen LogP contribution >= 0.6 is 27.5 Å². The molecule has 0 spiro atoms. The number of hydrogen-bond donors (Lipinski definition) is 1. The molecule has 0 radical (unpaired) electrons. The van der Waals surface area contributed by atoms with E-state index in [4.69, 9.17) is 11.6 Å². The predicted molar refractivity (Wildman–Crippen MR) is 79.7 cm³/mol. The van der Waals surface area contributed by atoms with Crippen molar-refractivity contribution in [2.45, 2.75) is 19.3 Å². The Labute approximate surface area is 130 Å². The van der Waals surface area contributed by atoms with E-state index >= 15 is 0 Å². The molecule has 108 valence electrons. The van der Waals surface area contributed by atoms with Gasteiger partial charge >= 0.3 is 0 Å². The van der Waals surface area contributed by atoms with Gasteiger partial charge in [0, 0.05) is 23.8 Å². The molecule has 0 aromatic carbocycles. The third-order valence-electron chi connectivity index (χ3n) is 3.16. The second-order valence-corrected chi connectivity index (χ2v) is 5.89. The van der Waals surface area contributed by atoms with Crippen molar-refractivity contribution in [3.63, 3.8) is 0 Å². The number of halogens is 2. The van der Waals surface area contributed by atoms with E-state index in [1.807, 2.05) is 0 Å². The van der Waals surface area contributed by atoms with Crippen LogP contribution in [0.5, 0.6) is 0 Å². The second-order valence-electron chi connectivity index (χ2n) is 4.62. The minimum atomic E-state index is -0.394. The number of piperidine rings is 1. The molecule has 2 rings (SSSR count). The summed E-state index contributed by atoms with van der Waals surface area (Å²) < 4.78 is 0.661. The van der Waals surface area contributed by atoms with Crippen molar-refractivity contribution >= 4 is 39.3 Å². The van der Waals surface area contributed by atoms with Crippen LogP contribution < -0.4 is 5.32 Å². The van der Waals surface area contributed by atoms with Gasteiger partial charge in [-0.3, -0.25) is 9.59 Å². The van der Waals surface area contributed by atoms with Crippen LogP contribution in [0.15, 0.2) is 16.7 Å². The smallest absolute Gasteiger partial charge is 0.254 e. The van der Waals surface area contributed by atoms with Crippen LogP contribution in [0, 0.1) is 0 Å². The summed E-state index contributed by atoms with van der Waals surface area (Å²) in [5.41, 5.74) is 0.257. The number of hydrogen-bond acceptors (Lipinski definition) is 3. The lowest BCUT2D eigenvalue weighted by Crippen LogP contribution is -2.42. The van der Waals surface area contributed by atoms with Crippen molar-refractivity contribution in [2.75, 3.05) is 19.6 Å². The predicted octanol–water partition coefficient (Wildman–Crippen LogP) is 2.24. The van der Waals surface area contributed by atoms with Crippen molar-refractivity contribution in [3.05, 3.63) is 27.5 Å². The van der Waals surface area contributed by atoms with E-state index in [1.54, 1.807) is 11.0 Å². The molecule has 0 aliphatic carbocycles. The first kappa shape index (κ1) is 15.3. The Bertz CT molecular complexity index is 518. The number of likely N-dealkylation sites (tertiary alicyclic amines) is 1. The molecule has 20 heavy (non-hydrogen) atoms. The normalized spacial score (nSPS) is 15.0. The van der Waals surface area contributed by atoms with Gasteiger partial charge in [-0.25, -0.2) is 4.98 Å². The summed E-state index contributed by atoms with van der Waals surface area (Å²) in [5.74, 6) is -0.453. The lowest BCUT2D eigenvalue weighted by atomic mass is 10.1. The molecule has 1 aromatic rings. The van der Waals surface area contributed by atoms with Gasteiger partial charge in [0.1, 0.15) is 5.15 Å². The average Bonchev–Trinajstić information content (AvgIpc) is 2.47. The van der Waals surface area contributed by atoms with Crippen molar-refractivity contribution in [1.29, 1.82) is 0 Å². The number of pyridine rings is 1. The highest BCUT2D eigenvalue weighted by molar-refractivity contribution is 9.10. The number of rotatable bonds is 3. The Morgan fingerprint density at radius 3 is 2.75 bits per heavy atom. The number of aromatic nitrogens is 1. The average molecular weight is 361 g/mol. The molecule has 1 aromatic heterocycles. The molecule has 1 fully saturated rings. The van der Waals surface area contributed by atoms with Crippen LogP contribution in [0.3, 0.4) is 0 Å². The summed E-state index contributed by atoms with van der Waals surface area (Å²) in [4.78, 5) is 29.6. The van der Waals surface area contributed by atoms with E-state index in [0.29, 0.717) is 4.47 Å². The molecule has 1 aliphatic heterocycles. The lowest BCUT2D eigenvalue weighted by molar-refractivity contribution is -0.130. The van der Waals surface area contributed by atoms with E-state index in [2.05, 4.69) is 26.2 Å².